The van der Waals surface area contributed by atoms with Gasteiger partial charge in [0.05, 0.1) is 12.7 Å². The van der Waals surface area contributed by atoms with Crippen LogP contribution < -0.4 is 16.0 Å². The third kappa shape index (κ3) is 5.99. The van der Waals surface area contributed by atoms with Crippen LogP contribution in [0, 0.1) is 6.92 Å². The molecule has 162 valence electrons. The van der Waals surface area contributed by atoms with Gasteiger partial charge in [-0.05, 0) is 79.8 Å². The number of esters is 1. The number of nitrogens with one attached hydrogen (secondary N) is 3. The molecule has 8 heteroatoms. The summed E-state index contributed by atoms with van der Waals surface area (Å²) >= 11 is 5.19. The van der Waals surface area contributed by atoms with Crippen LogP contribution in [0.4, 0.5) is 11.4 Å². The molecule has 3 aromatic carbocycles. The molecular formula is C24H21N3O4S. The van der Waals surface area contributed by atoms with E-state index >= 15 is 0 Å². The topological polar surface area (TPSA) is 96.5 Å². The largest absolute Gasteiger partial charge is 0.465 e. The lowest BCUT2D eigenvalue weighted by Crippen LogP contribution is -2.34. The summed E-state index contributed by atoms with van der Waals surface area (Å²) in [6, 6.07) is 20.3. The van der Waals surface area contributed by atoms with Crippen molar-refractivity contribution >= 4 is 46.5 Å². The van der Waals surface area contributed by atoms with Crippen LogP contribution in [0.2, 0.25) is 0 Å². The Hall–Kier alpha value is -4.04. The van der Waals surface area contributed by atoms with Crippen molar-refractivity contribution < 1.29 is 19.1 Å². The fourth-order valence-corrected chi connectivity index (χ4v) is 3.05. The van der Waals surface area contributed by atoms with Crippen molar-refractivity contribution in [3.63, 3.8) is 0 Å². The molecule has 2 amide bonds. The molecule has 3 aromatic rings. The van der Waals surface area contributed by atoms with Crippen molar-refractivity contribution in [3.05, 3.63) is 95.1 Å². The second-order valence-corrected chi connectivity index (χ2v) is 7.29. The number of carbonyl (C=O) groups excluding carboxylic acids is 3. The predicted octanol–water partition coefficient (Wildman–Crippen LogP) is 4.16. The SMILES string of the molecule is COC(=O)c1ccc(C(=O)NC(=S)Nc2ccc(NC(=O)c3cccc(C)c3)cc2)cc1. The van der Waals surface area contributed by atoms with Crippen molar-refractivity contribution in [2.45, 2.75) is 6.92 Å². The minimum absolute atomic E-state index is 0.114. The summed E-state index contributed by atoms with van der Waals surface area (Å²) in [4.78, 5) is 36.1. The number of ether oxygens (including phenoxy) is 1. The van der Waals surface area contributed by atoms with Gasteiger partial charge in [-0.25, -0.2) is 4.79 Å². The van der Waals surface area contributed by atoms with E-state index in [1.54, 1.807) is 30.3 Å². The first kappa shape index (κ1) is 22.6. The summed E-state index contributed by atoms with van der Waals surface area (Å²) in [5, 5.41) is 8.44. The van der Waals surface area contributed by atoms with E-state index in [1.165, 1.54) is 31.4 Å². The molecule has 0 radical (unpaired) electrons. The maximum absolute atomic E-state index is 12.3. The van der Waals surface area contributed by atoms with Gasteiger partial charge in [0.15, 0.2) is 5.11 Å². The average molecular weight is 448 g/mol. The third-order valence-electron chi connectivity index (χ3n) is 4.48. The van der Waals surface area contributed by atoms with Crippen LogP contribution in [-0.2, 0) is 4.74 Å². The van der Waals surface area contributed by atoms with E-state index in [1.807, 2.05) is 25.1 Å². The van der Waals surface area contributed by atoms with Gasteiger partial charge in [0.25, 0.3) is 11.8 Å². The lowest BCUT2D eigenvalue weighted by molar-refractivity contribution is 0.0600. The molecule has 0 aliphatic rings. The maximum atomic E-state index is 12.3. The van der Waals surface area contributed by atoms with Crippen LogP contribution in [0.5, 0.6) is 0 Å². The average Bonchev–Trinajstić information content (AvgIpc) is 2.79. The van der Waals surface area contributed by atoms with Gasteiger partial charge in [0.2, 0.25) is 0 Å². The Balaban J connectivity index is 1.54. The summed E-state index contributed by atoms with van der Waals surface area (Å²) in [6.07, 6.45) is 0. The van der Waals surface area contributed by atoms with E-state index in [0.717, 1.165) is 5.56 Å². The zero-order valence-corrected chi connectivity index (χ0v) is 18.3. The van der Waals surface area contributed by atoms with Gasteiger partial charge in [0.1, 0.15) is 0 Å². The normalized spacial score (nSPS) is 10.1. The molecule has 7 nitrogen and oxygen atoms in total. The van der Waals surface area contributed by atoms with Crippen LogP contribution in [0.1, 0.15) is 36.6 Å². The minimum atomic E-state index is -0.479. The number of methoxy groups -OCH3 is 1. The number of anilines is 2. The fourth-order valence-electron chi connectivity index (χ4n) is 2.84. The number of hydrogen-bond acceptors (Lipinski definition) is 5. The number of carbonyl (C=O) groups is 3. The van der Waals surface area contributed by atoms with Crippen LogP contribution in [0.15, 0.2) is 72.8 Å². The molecule has 0 unspecified atom stereocenters. The summed E-state index contributed by atoms with van der Waals surface area (Å²) in [7, 11) is 1.29. The second-order valence-electron chi connectivity index (χ2n) is 6.88. The van der Waals surface area contributed by atoms with Crippen molar-refractivity contribution in [2.24, 2.45) is 0 Å². The molecule has 0 aliphatic carbocycles. The first-order valence-corrected chi connectivity index (χ1v) is 10.1. The first-order valence-electron chi connectivity index (χ1n) is 9.64. The lowest BCUT2D eigenvalue weighted by atomic mass is 10.1. The predicted molar refractivity (Wildman–Crippen MR) is 127 cm³/mol. The zero-order chi connectivity index (χ0) is 23.1. The van der Waals surface area contributed by atoms with E-state index in [2.05, 4.69) is 20.7 Å². The second kappa shape index (κ2) is 10.3. The van der Waals surface area contributed by atoms with E-state index < -0.39 is 11.9 Å². The summed E-state index contributed by atoms with van der Waals surface area (Å²) in [5.74, 6) is -1.09. The van der Waals surface area contributed by atoms with Gasteiger partial charge in [-0.1, -0.05) is 17.7 Å². The van der Waals surface area contributed by atoms with Gasteiger partial charge < -0.3 is 15.4 Å². The summed E-state index contributed by atoms with van der Waals surface area (Å²) < 4.78 is 4.63. The van der Waals surface area contributed by atoms with Gasteiger partial charge in [-0.15, -0.1) is 0 Å². The van der Waals surface area contributed by atoms with Crippen molar-refractivity contribution in [2.75, 3.05) is 17.7 Å². The Bertz CT molecular complexity index is 1160. The Morgan fingerprint density at radius 2 is 1.34 bits per heavy atom. The molecule has 0 aromatic heterocycles. The van der Waals surface area contributed by atoms with Gasteiger partial charge >= 0.3 is 5.97 Å². The van der Waals surface area contributed by atoms with Crippen molar-refractivity contribution in [1.82, 2.24) is 5.32 Å². The number of thiocarbonyl (C=S) groups is 1. The smallest absolute Gasteiger partial charge is 0.337 e. The third-order valence-corrected chi connectivity index (χ3v) is 4.68. The Morgan fingerprint density at radius 1 is 0.750 bits per heavy atom. The van der Waals surface area contributed by atoms with E-state index in [4.69, 9.17) is 12.2 Å². The minimum Gasteiger partial charge on any atom is -0.465 e. The van der Waals surface area contributed by atoms with E-state index in [0.29, 0.717) is 28.1 Å². The molecule has 0 bridgehead atoms. The van der Waals surface area contributed by atoms with E-state index in [-0.39, 0.29) is 11.0 Å². The van der Waals surface area contributed by atoms with E-state index in [9.17, 15) is 14.4 Å². The number of benzene rings is 3. The molecule has 0 atom stereocenters. The molecule has 32 heavy (non-hydrogen) atoms. The summed E-state index contributed by atoms with van der Waals surface area (Å²) in [5.41, 5.74) is 3.55. The molecule has 0 aliphatic heterocycles. The molecule has 0 saturated heterocycles. The maximum Gasteiger partial charge on any atom is 0.337 e. The molecule has 0 saturated carbocycles. The highest BCUT2D eigenvalue weighted by Crippen LogP contribution is 2.15. The highest BCUT2D eigenvalue weighted by atomic mass is 32.1. The number of amides is 2. The molecule has 0 spiro atoms. The molecule has 0 heterocycles. The van der Waals surface area contributed by atoms with Crippen LogP contribution >= 0.6 is 12.2 Å². The van der Waals surface area contributed by atoms with Crippen molar-refractivity contribution in [3.8, 4) is 0 Å². The monoisotopic (exact) mass is 447 g/mol. The quantitative estimate of drug-likeness (QED) is 0.401. The Kier molecular flexibility index (Phi) is 7.30. The fraction of sp³-hybridized carbons (Fsp3) is 0.0833. The summed E-state index contributed by atoms with van der Waals surface area (Å²) in [6.45, 7) is 1.93. The number of aryl methyl sites for hydroxylation is 1. The number of hydrogen-bond donors (Lipinski definition) is 3. The molecule has 3 rings (SSSR count). The highest BCUT2D eigenvalue weighted by Gasteiger charge is 2.11. The highest BCUT2D eigenvalue weighted by molar-refractivity contribution is 7.80. The van der Waals surface area contributed by atoms with Gasteiger partial charge in [-0.3, -0.25) is 14.9 Å². The van der Waals surface area contributed by atoms with Crippen molar-refractivity contribution in [1.29, 1.82) is 0 Å². The first-order chi connectivity index (χ1) is 15.4. The molecular weight excluding hydrogens is 426 g/mol. The zero-order valence-electron chi connectivity index (χ0n) is 17.5. The van der Waals surface area contributed by atoms with Crippen LogP contribution in [-0.4, -0.2) is 30.0 Å². The van der Waals surface area contributed by atoms with Gasteiger partial charge in [-0.2, -0.15) is 0 Å². The standard InChI is InChI=1S/C24H21N3O4S/c1-15-4-3-5-18(14-15)22(29)25-19-10-12-20(13-11-19)26-24(32)27-21(28)16-6-8-17(9-7-16)23(30)31-2/h3-14H,1-2H3,(H,25,29)(H2,26,27,28,32). The lowest BCUT2D eigenvalue weighted by Gasteiger charge is -2.11. The van der Waals surface area contributed by atoms with Crippen LogP contribution in [0.25, 0.3) is 0 Å². The Labute approximate surface area is 190 Å². The number of rotatable bonds is 5. The molecule has 0 fully saturated rings. The van der Waals surface area contributed by atoms with Gasteiger partial charge in [0, 0.05) is 22.5 Å². The Morgan fingerprint density at radius 3 is 1.94 bits per heavy atom. The van der Waals surface area contributed by atoms with Crippen LogP contribution in [0.3, 0.4) is 0 Å². The molecule has 3 N–H and O–H groups in total.